The lowest BCUT2D eigenvalue weighted by molar-refractivity contribution is 0.0234. The van der Waals surface area contributed by atoms with Crippen molar-refractivity contribution in [3.63, 3.8) is 0 Å². The number of pyridine rings is 1. The lowest BCUT2D eigenvalue weighted by Crippen LogP contribution is -2.24. The van der Waals surface area contributed by atoms with Gasteiger partial charge < -0.3 is 10.6 Å². The fraction of sp³-hybridized carbons (Fsp3) is 0.533. The molecule has 23 heavy (non-hydrogen) atoms. The lowest BCUT2D eigenvalue weighted by atomic mass is 9.93. The molecule has 0 saturated heterocycles. The standard InChI is InChI=1S/C15H21N7O/c1-17-23-13-8-6-12(7-9-13)22-15(19-20-21-22)10-5-11-3-2-4-14(16)18-11/h2-4,12-13H,1,5-10H2,(H2,16,18). The summed E-state index contributed by atoms with van der Waals surface area (Å²) >= 11 is 0. The largest absolute Gasteiger partial charge is 0.393 e. The number of tetrazole rings is 1. The van der Waals surface area contributed by atoms with Gasteiger partial charge in [0.2, 0.25) is 0 Å². The molecule has 8 heteroatoms. The highest BCUT2D eigenvalue weighted by Gasteiger charge is 2.26. The molecule has 1 aliphatic rings. The number of oxime groups is 1. The van der Waals surface area contributed by atoms with Gasteiger partial charge in [-0.1, -0.05) is 6.07 Å². The van der Waals surface area contributed by atoms with Gasteiger partial charge in [0, 0.05) is 18.8 Å². The van der Waals surface area contributed by atoms with Gasteiger partial charge >= 0.3 is 0 Å². The van der Waals surface area contributed by atoms with Crippen LogP contribution in [0.25, 0.3) is 0 Å². The van der Waals surface area contributed by atoms with Crippen LogP contribution in [-0.4, -0.2) is 38.0 Å². The van der Waals surface area contributed by atoms with E-state index in [-0.39, 0.29) is 6.10 Å². The van der Waals surface area contributed by atoms with Gasteiger partial charge in [0.05, 0.1) is 6.04 Å². The van der Waals surface area contributed by atoms with Crippen molar-refractivity contribution in [2.75, 3.05) is 5.73 Å². The summed E-state index contributed by atoms with van der Waals surface area (Å²) in [7, 11) is 0. The molecule has 8 nitrogen and oxygen atoms in total. The summed E-state index contributed by atoms with van der Waals surface area (Å²) in [5.74, 6) is 1.43. The summed E-state index contributed by atoms with van der Waals surface area (Å²) < 4.78 is 1.95. The summed E-state index contributed by atoms with van der Waals surface area (Å²) in [5, 5.41) is 15.7. The molecular weight excluding hydrogens is 294 g/mol. The predicted molar refractivity (Wildman–Crippen MR) is 85.8 cm³/mol. The topological polar surface area (TPSA) is 104 Å². The highest BCUT2D eigenvalue weighted by molar-refractivity contribution is 5.28. The molecule has 1 saturated carbocycles. The van der Waals surface area contributed by atoms with Crippen molar-refractivity contribution in [2.24, 2.45) is 5.16 Å². The fourth-order valence-corrected chi connectivity index (χ4v) is 3.04. The second kappa shape index (κ2) is 7.17. The summed E-state index contributed by atoms with van der Waals surface area (Å²) in [4.78, 5) is 9.54. The summed E-state index contributed by atoms with van der Waals surface area (Å²) in [6.07, 6.45) is 5.53. The van der Waals surface area contributed by atoms with E-state index in [4.69, 9.17) is 10.6 Å². The molecule has 0 aromatic carbocycles. The molecule has 3 rings (SSSR count). The zero-order chi connectivity index (χ0) is 16.1. The van der Waals surface area contributed by atoms with Crippen molar-refractivity contribution in [3.8, 4) is 0 Å². The first kappa shape index (κ1) is 15.4. The smallest absolute Gasteiger partial charge is 0.151 e. The van der Waals surface area contributed by atoms with Crippen LogP contribution in [0.5, 0.6) is 0 Å². The van der Waals surface area contributed by atoms with Gasteiger partial charge in [-0.05, 0) is 54.7 Å². The number of aryl methyl sites for hydroxylation is 2. The molecule has 0 spiro atoms. The van der Waals surface area contributed by atoms with Gasteiger partial charge in [-0.3, -0.25) is 0 Å². The van der Waals surface area contributed by atoms with Crippen LogP contribution in [0, 0.1) is 0 Å². The van der Waals surface area contributed by atoms with Gasteiger partial charge in [0.25, 0.3) is 0 Å². The van der Waals surface area contributed by atoms with Gasteiger partial charge in [-0.15, -0.1) is 10.3 Å². The van der Waals surface area contributed by atoms with Crippen molar-refractivity contribution in [2.45, 2.75) is 50.7 Å². The zero-order valence-corrected chi connectivity index (χ0v) is 13.0. The van der Waals surface area contributed by atoms with Crippen molar-refractivity contribution < 1.29 is 4.84 Å². The Morgan fingerprint density at radius 3 is 2.83 bits per heavy atom. The highest BCUT2D eigenvalue weighted by atomic mass is 16.6. The van der Waals surface area contributed by atoms with Crippen LogP contribution in [0.3, 0.4) is 0 Å². The molecule has 2 aromatic heterocycles. The molecule has 2 heterocycles. The Bertz CT molecular complexity index is 649. The van der Waals surface area contributed by atoms with Gasteiger partial charge in [-0.25, -0.2) is 9.67 Å². The van der Waals surface area contributed by atoms with Crippen molar-refractivity contribution in [3.05, 3.63) is 29.7 Å². The summed E-state index contributed by atoms with van der Waals surface area (Å²) in [5.41, 5.74) is 6.66. The zero-order valence-electron chi connectivity index (χ0n) is 13.0. The normalized spacial score (nSPS) is 21.0. The van der Waals surface area contributed by atoms with Gasteiger partial charge in [0.15, 0.2) is 5.82 Å². The van der Waals surface area contributed by atoms with E-state index in [9.17, 15) is 0 Å². The monoisotopic (exact) mass is 315 g/mol. The molecule has 0 unspecified atom stereocenters. The Labute approximate surface area is 134 Å². The Morgan fingerprint density at radius 2 is 2.09 bits per heavy atom. The number of aromatic nitrogens is 5. The molecule has 2 N–H and O–H groups in total. The molecule has 122 valence electrons. The van der Waals surface area contributed by atoms with Crippen molar-refractivity contribution >= 4 is 12.5 Å². The summed E-state index contributed by atoms with van der Waals surface area (Å²) in [6.45, 7) is 3.37. The molecular formula is C15H21N7O. The molecule has 2 aromatic rings. The number of nitrogens with two attached hydrogens (primary N) is 1. The Balaban J connectivity index is 1.60. The van der Waals surface area contributed by atoms with E-state index in [1.165, 1.54) is 0 Å². The van der Waals surface area contributed by atoms with E-state index in [0.29, 0.717) is 11.9 Å². The number of hydrogen-bond donors (Lipinski definition) is 1. The number of hydrogen-bond acceptors (Lipinski definition) is 7. The first-order valence-corrected chi connectivity index (χ1v) is 7.86. The average Bonchev–Trinajstić information content (AvgIpc) is 3.03. The third-order valence-electron chi connectivity index (χ3n) is 4.21. The summed E-state index contributed by atoms with van der Waals surface area (Å²) in [6, 6.07) is 5.98. The number of nitrogen functional groups attached to an aromatic ring is 1. The third kappa shape index (κ3) is 3.82. The fourth-order valence-electron chi connectivity index (χ4n) is 3.04. The van der Waals surface area contributed by atoms with Crippen LogP contribution in [0.15, 0.2) is 23.4 Å². The number of nitrogens with zero attached hydrogens (tertiary/aromatic N) is 6. The third-order valence-corrected chi connectivity index (χ3v) is 4.21. The number of rotatable bonds is 6. The van der Waals surface area contributed by atoms with E-state index in [2.05, 4.69) is 32.4 Å². The first-order valence-electron chi connectivity index (χ1n) is 7.86. The molecule has 0 radical (unpaired) electrons. The van der Waals surface area contributed by atoms with Crippen LogP contribution < -0.4 is 5.73 Å². The molecule has 0 aliphatic heterocycles. The second-order valence-corrected chi connectivity index (χ2v) is 5.76. The minimum Gasteiger partial charge on any atom is -0.393 e. The minimum absolute atomic E-state index is 0.167. The van der Waals surface area contributed by atoms with Crippen molar-refractivity contribution in [1.82, 2.24) is 25.2 Å². The Morgan fingerprint density at radius 1 is 1.26 bits per heavy atom. The van der Waals surface area contributed by atoms with Crippen LogP contribution in [-0.2, 0) is 17.7 Å². The van der Waals surface area contributed by atoms with Gasteiger partial charge in [0.1, 0.15) is 11.9 Å². The first-order chi connectivity index (χ1) is 11.3. The highest BCUT2D eigenvalue weighted by Crippen LogP contribution is 2.30. The quantitative estimate of drug-likeness (QED) is 0.640. The predicted octanol–water partition coefficient (Wildman–Crippen LogP) is 1.55. The van der Waals surface area contributed by atoms with Crippen molar-refractivity contribution in [1.29, 1.82) is 0 Å². The van der Waals surface area contributed by atoms with E-state index in [1.807, 2.05) is 16.8 Å². The number of anilines is 1. The maximum absolute atomic E-state index is 5.71. The van der Waals surface area contributed by atoms with E-state index < -0.39 is 0 Å². The molecule has 1 aliphatic carbocycles. The maximum Gasteiger partial charge on any atom is 0.151 e. The SMILES string of the molecule is C=NOC1CCC(n2nnnc2CCc2cccc(N)n2)CC1. The van der Waals surface area contributed by atoms with Crippen LogP contribution in [0.1, 0.15) is 43.2 Å². The van der Waals surface area contributed by atoms with Crippen LogP contribution in [0.2, 0.25) is 0 Å². The van der Waals surface area contributed by atoms with E-state index in [1.54, 1.807) is 6.07 Å². The van der Waals surface area contributed by atoms with E-state index in [0.717, 1.165) is 50.0 Å². The molecule has 0 amide bonds. The van der Waals surface area contributed by atoms with Crippen LogP contribution in [0.4, 0.5) is 5.82 Å². The lowest BCUT2D eigenvalue weighted by Gasteiger charge is -2.27. The molecule has 0 atom stereocenters. The average molecular weight is 315 g/mol. The second-order valence-electron chi connectivity index (χ2n) is 5.76. The van der Waals surface area contributed by atoms with Crippen LogP contribution >= 0.6 is 0 Å². The maximum atomic E-state index is 5.71. The minimum atomic E-state index is 0.167. The van der Waals surface area contributed by atoms with Gasteiger partial charge in [-0.2, -0.15) is 0 Å². The molecule has 1 fully saturated rings. The Hall–Kier alpha value is -2.51. The molecule has 0 bridgehead atoms. The van der Waals surface area contributed by atoms with E-state index >= 15 is 0 Å². The Kier molecular flexibility index (Phi) is 4.80.